The molecule has 0 aliphatic carbocycles. The maximum Gasteiger partial charge on any atom is 0.323 e. The van der Waals surface area contributed by atoms with Crippen LogP contribution < -0.4 is 15.8 Å². The first-order chi connectivity index (χ1) is 9.17. The van der Waals surface area contributed by atoms with E-state index in [0.717, 1.165) is 5.56 Å². The van der Waals surface area contributed by atoms with Crippen molar-refractivity contribution in [1.82, 2.24) is 15.0 Å². The summed E-state index contributed by atoms with van der Waals surface area (Å²) >= 11 is 5.82. The number of anilines is 2. The molecule has 19 heavy (non-hydrogen) atoms. The summed E-state index contributed by atoms with van der Waals surface area (Å²) in [6, 6.07) is 7.71. The van der Waals surface area contributed by atoms with E-state index in [1.54, 1.807) is 0 Å². The van der Waals surface area contributed by atoms with Crippen LogP contribution >= 0.6 is 11.6 Å². The van der Waals surface area contributed by atoms with E-state index in [-0.39, 0.29) is 12.0 Å². The Bertz CT molecular complexity index is 546. The zero-order valence-electron chi connectivity index (χ0n) is 10.4. The monoisotopic (exact) mass is 279 g/mol. The second-order valence-electron chi connectivity index (χ2n) is 3.71. The van der Waals surface area contributed by atoms with Crippen LogP contribution in [-0.4, -0.2) is 21.6 Å². The fourth-order valence-corrected chi connectivity index (χ4v) is 1.55. The number of nitrogens with zero attached hydrogens (tertiary/aromatic N) is 3. The second-order valence-corrected chi connectivity index (χ2v) is 4.15. The molecule has 7 heteroatoms. The van der Waals surface area contributed by atoms with Gasteiger partial charge in [-0.2, -0.15) is 15.0 Å². The van der Waals surface area contributed by atoms with Crippen LogP contribution in [0.1, 0.15) is 12.5 Å². The molecular weight excluding hydrogens is 266 g/mol. The van der Waals surface area contributed by atoms with E-state index in [9.17, 15) is 0 Å². The lowest BCUT2D eigenvalue weighted by molar-refractivity contribution is 0.312. The van der Waals surface area contributed by atoms with Crippen molar-refractivity contribution in [1.29, 1.82) is 0 Å². The number of nitrogens with one attached hydrogen (secondary N) is 1. The molecule has 0 unspecified atom stereocenters. The van der Waals surface area contributed by atoms with Gasteiger partial charge in [0.1, 0.15) is 0 Å². The van der Waals surface area contributed by atoms with Gasteiger partial charge in [-0.25, -0.2) is 0 Å². The fraction of sp³-hybridized carbons (Fsp3) is 0.250. The number of nitrogen functional groups attached to an aromatic ring is 1. The van der Waals surface area contributed by atoms with Crippen LogP contribution in [0.4, 0.5) is 11.9 Å². The number of hydrogen-bond donors (Lipinski definition) is 2. The molecule has 0 aliphatic rings. The molecule has 1 aromatic heterocycles. The highest BCUT2D eigenvalue weighted by Gasteiger charge is 2.04. The van der Waals surface area contributed by atoms with Gasteiger partial charge in [0, 0.05) is 11.6 Å². The van der Waals surface area contributed by atoms with Gasteiger partial charge in [-0.3, -0.25) is 0 Å². The van der Waals surface area contributed by atoms with E-state index in [2.05, 4.69) is 20.3 Å². The number of hydrogen-bond acceptors (Lipinski definition) is 6. The molecule has 0 radical (unpaired) electrons. The minimum Gasteiger partial charge on any atom is -0.464 e. The summed E-state index contributed by atoms with van der Waals surface area (Å²) in [4.78, 5) is 11.9. The number of ether oxygens (including phenoxy) is 1. The predicted molar refractivity (Wildman–Crippen MR) is 74.2 cm³/mol. The van der Waals surface area contributed by atoms with E-state index < -0.39 is 0 Å². The standard InChI is InChI=1S/C12H14ClN5O/c1-2-19-12-17-10(14)16-11(18-12)15-7-8-3-5-9(13)6-4-8/h3-6H,2,7H2,1H3,(H3,14,15,16,17,18). The Kier molecular flexibility index (Phi) is 4.35. The van der Waals surface area contributed by atoms with Gasteiger partial charge in [-0.05, 0) is 24.6 Å². The summed E-state index contributed by atoms with van der Waals surface area (Å²) in [6.45, 7) is 2.88. The molecule has 0 bridgehead atoms. The number of halogens is 1. The predicted octanol–water partition coefficient (Wildman–Crippen LogP) is 2.12. The molecule has 0 aliphatic heterocycles. The lowest BCUT2D eigenvalue weighted by Crippen LogP contribution is -2.09. The third-order valence-electron chi connectivity index (χ3n) is 2.27. The zero-order valence-corrected chi connectivity index (χ0v) is 11.2. The normalized spacial score (nSPS) is 10.2. The summed E-state index contributed by atoms with van der Waals surface area (Å²) in [7, 11) is 0. The number of aromatic nitrogens is 3. The van der Waals surface area contributed by atoms with Crippen molar-refractivity contribution in [2.75, 3.05) is 17.7 Å². The van der Waals surface area contributed by atoms with E-state index in [1.165, 1.54) is 0 Å². The Morgan fingerprint density at radius 3 is 2.63 bits per heavy atom. The minimum atomic E-state index is 0.122. The van der Waals surface area contributed by atoms with Gasteiger partial charge in [-0.1, -0.05) is 23.7 Å². The molecule has 0 amide bonds. The molecule has 0 fully saturated rings. The smallest absolute Gasteiger partial charge is 0.323 e. The average molecular weight is 280 g/mol. The molecule has 0 spiro atoms. The van der Waals surface area contributed by atoms with Crippen LogP contribution in [0.3, 0.4) is 0 Å². The van der Waals surface area contributed by atoms with E-state index in [1.807, 2.05) is 31.2 Å². The van der Waals surface area contributed by atoms with E-state index in [4.69, 9.17) is 22.1 Å². The van der Waals surface area contributed by atoms with Gasteiger partial charge in [0.25, 0.3) is 0 Å². The van der Waals surface area contributed by atoms with Gasteiger partial charge in [0.2, 0.25) is 11.9 Å². The summed E-state index contributed by atoms with van der Waals surface area (Å²) in [5.41, 5.74) is 6.64. The van der Waals surface area contributed by atoms with Crippen molar-refractivity contribution < 1.29 is 4.74 Å². The second kappa shape index (κ2) is 6.19. The highest BCUT2D eigenvalue weighted by atomic mass is 35.5. The highest BCUT2D eigenvalue weighted by molar-refractivity contribution is 6.30. The lowest BCUT2D eigenvalue weighted by atomic mass is 10.2. The summed E-state index contributed by atoms with van der Waals surface area (Å²) in [6.07, 6.45) is 0. The SMILES string of the molecule is CCOc1nc(N)nc(NCc2ccc(Cl)cc2)n1. The van der Waals surface area contributed by atoms with Gasteiger partial charge in [-0.15, -0.1) is 0 Å². The van der Waals surface area contributed by atoms with Gasteiger partial charge >= 0.3 is 6.01 Å². The summed E-state index contributed by atoms with van der Waals surface area (Å²) in [5.74, 6) is 0.503. The molecule has 0 atom stereocenters. The van der Waals surface area contributed by atoms with Crippen molar-refractivity contribution in [2.45, 2.75) is 13.5 Å². The number of nitrogens with two attached hydrogens (primary N) is 1. The molecule has 0 saturated carbocycles. The molecule has 2 rings (SSSR count). The Labute approximate surface area is 116 Å². The van der Waals surface area contributed by atoms with Crippen LogP contribution in [0, 0.1) is 0 Å². The molecule has 6 nitrogen and oxygen atoms in total. The van der Waals surface area contributed by atoms with Crippen LogP contribution in [0.25, 0.3) is 0 Å². The Hall–Kier alpha value is -2.08. The lowest BCUT2D eigenvalue weighted by Gasteiger charge is -2.07. The number of rotatable bonds is 5. The Balaban J connectivity index is 2.04. The van der Waals surface area contributed by atoms with Gasteiger partial charge in [0.05, 0.1) is 6.61 Å². The first-order valence-corrected chi connectivity index (χ1v) is 6.18. The summed E-state index contributed by atoms with van der Waals surface area (Å²) in [5, 5.41) is 3.76. The van der Waals surface area contributed by atoms with Crippen molar-refractivity contribution >= 4 is 23.5 Å². The molecular formula is C12H14ClN5O. The van der Waals surface area contributed by atoms with Crippen LogP contribution in [0.15, 0.2) is 24.3 Å². The molecule has 1 aromatic carbocycles. The molecule has 2 aromatic rings. The van der Waals surface area contributed by atoms with Crippen molar-refractivity contribution in [3.05, 3.63) is 34.9 Å². The van der Waals surface area contributed by atoms with E-state index in [0.29, 0.717) is 24.1 Å². The molecule has 1 heterocycles. The quantitative estimate of drug-likeness (QED) is 0.872. The van der Waals surface area contributed by atoms with Crippen molar-refractivity contribution in [3.8, 4) is 6.01 Å². The van der Waals surface area contributed by atoms with Gasteiger partial charge in [0.15, 0.2) is 0 Å². The molecule has 3 N–H and O–H groups in total. The minimum absolute atomic E-state index is 0.122. The van der Waals surface area contributed by atoms with Crippen LogP contribution in [0.5, 0.6) is 6.01 Å². The fourth-order valence-electron chi connectivity index (χ4n) is 1.43. The van der Waals surface area contributed by atoms with Crippen molar-refractivity contribution in [2.24, 2.45) is 0 Å². The van der Waals surface area contributed by atoms with Gasteiger partial charge < -0.3 is 15.8 Å². The summed E-state index contributed by atoms with van der Waals surface area (Å²) < 4.78 is 5.20. The Morgan fingerprint density at radius 1 is 1.21 bits per heavy atom. The maximum atomic E-state index is 5.82. The first kappa shape index (κ1) is 13.4. The average Bonchev–Trinajstić information content (AvgIpc) is 2.38. The topological polar surface area (TPSA) is 86.0 Å². The number of benzene rings is 1. The highest BCUT2D eigenvalue weighted by Crippen LogP contribution is 2.12. The largest absolute Gasteiger partial charge is 0.464 e. The van der Waals surface area contributed by atoms with Crippen LogP contribution in [-0.2, 0) is 6.54 Å². The van der Waals surface area contributed by atoms with E-state index >= 15 is 0 Å². The zero-order chi connectivity index (χ0) is 13.7. The van der Waals surface area contributed by atoms with Crippen molar-refractivity contribution in [3.63, 3.8) is 0 Å². The third kappa shape index (κ3) is 3.96. The Morgan fingerprint density at radius 2 is 1.95 bits per heavy atom. The maximum absolute atomic E-state index is 5.82. The first-order valence-electron chi connectivity index (χ1n) is 5.80. The van der Waals surface area contributed by atoms with Crippen LogP contribution in [0.2, 0.25) is 5.02 Å². The third-order valence-corrected chi connectivity index (χ3v) is 2.52. The molecule has 0 saturated heterocycles. The molecule has 100 valence electrons.